The van der Waals surface area contributed by atoms with E-state index in [4.69, 9.17) is 10.8 Å². The molecule has 1 heterocycles. The number of rotatable bonds is 4. The standard InChI is InChI=1S/C22H32N4O/c1-15-6-5-7-16(12-15)14-26-19(13-20(25-26)22(2,3)4)21(27)24-18-10-8-17(23)9-11-18/h5-7,12-13,17-18H,8-11,14,23H2,1-4H3,(H,24,27)/t17-,18-. The Morgan fingerprint density at radius 3 is 2.56 bits per heavy atom. The molecular formula is C22H32N4O. The van der Waals surface area contributed by atoms with E-state index >= 15 is 0 Å². The van der Waals surface area contributed by atoms with Crippen LogP contribution in [-0.4, -0.2) is 27.8 Å². The lowest BCUT2D eigenvalue weighted by molar-refractivity contribution is 0.0915. The lowest BCUT2D eigenvalue weighted by Crippen LogP contribution is -2.41. The molecule has 146 valence electrons. The summed E-state index contributed by atoms with van der Waals surface area (Å²) in [5.74, 6) is -0.0360. The lowest BCUT2D eigenvalue weighted by Gasteiger charge is -2.26. The van der Waals surface area contributed by atoms with Gasteiger partial charge in [-0.25, -0.2) is 0 Å². The van der Waals surface area contributed by atoms with E-state index in [1.165, 1.54) is 5.56 Å². The van der Waals surface area contributed by atoms with Gasteiger partial charge in [0.1, 0.15) is 5.69 Å². The van der Waals surface area contributed by atoms with Crippen molar-refractivity contribution < 1.29 is 4.79 Å². The van der Waals surface area contributed by atoms with Gasteiger partial charge in [0.25, 0.3) is 5.91 Å². The van der Waals surface area contributed by atoms with E-state index in [0.717, 1.165) is 36.9 Å². The molecule has 2 aromatic rings. The van der Waals surface area contributed by atoms with Gasteiger partial charge in [0.15, 0.2) is 0 Å². The summed E-state index contributed by atoms with van der Waals surface area (Å²) < 4.78 is 1.85. The molecule has 5 heteroatoms. The van der Waals surface area contributed by atoms with Gasteiger partial charge in [-0.05, 0) is 44.2 Å². The maximum absolute atomic E-state index is 13.0. The van der Waals surface area contributed by atoms with Crippen LogP contribution in [0.3, 0.4) is 0 Å². The molecule has 1 aromatic carbocycles. The Bertz CT molecular complexity index is 795. The third-order valence-electron chi connectivity index (χ3n) is 5.30. The smallest absolute Gasteiger partial charge is 0.269 e. The fourth-order valence-corrected chi connectivity index (χ4v) is 3.59. The van der Waals surface area contributed by atoms with Crippen LogP contribution in [0.25, 0.3) is 0 Å². The van der Waals surface area contributed by atoms with Gasteiger partial charge in [0, 0.05) is 17.5 Å². The monoisotopic (exact) mass is 368 g/mol. The fraction of sp³-hybridized carbons (Fsp3) is 0.545. The molecule has 3 rings (SSSR count). The molecule has 1 saturated carbocycles. The van der Waals surface area contributed by atoms with Gasteiger partial charge in [-0.2, -0.15) is 5.10 Å². The number of nitrogens with zero attached hydrogens (tertiary/aromatic N) is 2. The SMILES string of the molecule is Cc1cccc(Cn2nc(C(C)(C)C)cc2C(=O)N[C@H]2CC[C@H](N)CC2)c1. The Hall–Kier alpha value is -2.14. The van der Waals surface area contributed by atoms with E-state index in [-0.39, 0.29) is 23.4 Å². The first-order valence-electron chi connectivity index (χ1n) is 9.92. The molecule has 0 saturated heterocycles. The molecular weight excluding hydrogens is 336 g/mol. The number of aryl methyl sites for hydroxylation is 1. The first-order chi connectivity index (χ1) is 12.7. The number of hydrogen-bond acceptors (Lipinski definition) is 3. The number of carbonyl (C=O) groups excluding carboxylic acids is 1. The Morgan fingerprint density at radius 1 is 1.22 bits per heavy atom. The van der Waals surface area contributed by atoms with Gasteiger partial charge in [-0.1, -0.05) is 50.6 Å². The summed E-state index contributed by atoms with van der Waals surface area (Å²) in [5.41, 5.74) is 9.81. The molecule has 1 aromatic heterocycles. The van der Waals surface area contributed by atoms with Crippen LogP contribution in [0.5, 0.6) is 0 Å². The van der Waals surface area contributed by atoms with Crippen molar-refractivity contribution >= 4 is 5.91 Å². The molecule has 27 heavy (non-hydrogen) atoms. The summed E-state index contributed by atoms with van der Waals surface area (Å²) in [4.78, 5) is 13.0. The van der Waals surface area contributed by atoms with Crippen molar-refractivity contribution in [3.05, 3.63) is 52.8 Å². The fourth-order valence-electron chi connectivity index (χ4n) is 3.59. The molecule has 3 N–H and O–H groups in total. The summed E-state index contributed by atoms with van der Waals surface area (Å²) in [6, 6.07) is 10.8. The molecule has 0 bridgehead atoms. The van der Waals surface area contributed by atoms with Crippen LogP contribution in [0.4, 0.5) is 0 Å². The number of amides is 1. The number of nitrogens with two attached hydrogens (primary N) is 1. The predicted molar refractivity (Wildman–Crippen MR) is 109 cm³/mol. The van der Waals surface area contributed by atoms with Crippen molar-refractivity contribution in [2.24, 2.45) is 5.73 Å². The Balaban J connectivity index is 1.83. The minimum absolute atomic E-state index is 0.0360. The van der Waals surface area contributed by atoms with Crippen LogP contribution in [0.1, 0.15) is 73.8 Å². The number of aromatic nitrogens is 2. The second-order valence-electron chi connectivity index (χ2n) is 8.90. The largest absolute Gasteiger partial charge is 0.348 e. The van der Waals surface area contributed by atoms with Crippen molar-refractivity contribution in [1.29, 1.82) is 0 Å². The highest BCUT2D eigenvalue weighted by molar-refractivity contribution is 5.93. The van der Waals surface area contributed by atoms with Crippen molar-refractivity contribution in [2.75, 3.05) is 0 Å². The highest BCUT2D eigenvalue weighted by Gasteiger charge is 2.26. The van der Waals surface area contributed by atoms with Gasteiger partial charge >= 0.3 is 0 Å². The zero-order valence-electron chi connectivity index (χ0n) is 17.0. The number of carbonyl (C=O) groups is 1. The summed E-state index contributed by atoms with van der Waals surface area (Å²) in [5, 5.41) is 7.97. The topological polar surface area (TPSA) is 72.9 Å². The molecule has 1 amide bonds. The highest BCUT2D eigenvalue weighted by Crippen LogP contribution is 2.23. The van der Waals surface area contributed by atoms with Crippen molar-refractivity contribution in [1.82, 2.24) is 15.1 Å². The van der Waals surface area contributed by atoms with Crippen molar-refractivity contribution in [3.63, 3.8) is 0 Å². The van der Waals surface area contributed by atoms with Gasteiger partial charge in [-0.15, -0.1) is 0 Å². The first kappa shape index (κ1) is 19.6. The maximum Gasteiger partial charge on any atom is 0.269 e. The Morgan fingerprint density at radius 2 is 1.93 bits per heavy atom. The maximum atomic E-state index is 13.0. The summed E-state index contributed by atoms with van der Waals surface area (Å²) in [6.07, 6.45) is 3.84. The first-order valence-corrected chi connectivity index (χ1v) is 9.92. The predicted octanol–water partition coefficient (Wildman–Crippen LogP) is 3.54. The van der Waals surface area contributed by atoms with E-state index in [2.05, 4.69) is 51.2 Å². The third kappa shape index (κ3) is 4.98. The van der Waals surface area contributed by atoms with Crippen LogP contribution < -0.4 is 11.1 Å². The minimum Gasteiger partial charge on any atom is -0.348 e. The van der Waals surface area contributed by atoms with Gasteiger partial charge in [0.05, 0.1) is 12.2 Å². The summed E-state index contributed by atoms with van der Waals surface area (Å²) in [7, 11) is 0. The average molecular weight is 369 g/mol. The number of nitrogens with one attached hydrogen (secondary N) is 1. The van der Waals surface area contributed by atoms with E-state index in [1.54, 1.807) is 0 Å². The summed E-state index contributed by atoms with van der Waals surface area (Å²) >= 11 is 0. The molecule has 1 aliphatic carbocycles. The second kappa shape index (κ2) is 7.85. The van der Waals surface area contributed by atoms with Gasteiger partial charge in [-0.3, -0.25) is 9.48 Å². The second-order valence-corrected chi connectivity index (χ2v) is 8.90. The minimum atomic E-state index is -0.107. The van der Waals surface area contributed by atoms with Crippen LogP contribution in [0, 0.1) is 6.92 Å². The van der Waals surface area contributed by atoms with E-state index in [9.17, 15) is 4.79 Å². The molecule has 0 spiro atoms. The van der Waals surface area contributed by atoms with Crippen LogP contribution >= 0.6 is 0 Å². The summed E-state index contributed by atoms with van der Waals surface area (Å²) in [6.45, 7) is 9.04. The molecule has 1 fully saturated rings. The number of benzene rings is 1. The molecule has 1 aliphatic rings. The van der Waals surface area contributed by atoms with Gasteiger partial charge < -0.3 is 11.1 Å². The van der Waals surface area contributed by atoms with Crippen LogP contribution in [0.2, 0.25) is 0 Å². The molecule has 0 atom stereocenters. The van der Waals surface area contributed by atoms with Crippen LogP contribution in [0.15, 0.2) is 30.3 Å². The lowest BCUT2D eigenvalue weighted by atomic mass is 9.91. The third-order valence-corrected chi connectivity index (χ3v) is 5.30. The zero-order valence-corrected chi connectivity index (χ0v) is 17.0. The van der Waals surface area contributed by atoms with Gasteiger partial charge in [0.2, 0.25) is 0 Å². The Labute approximate surface area is 162 Å². The van der Waals surface area contributed by atoms with Crippen LogP contribution in [-0.2, 0) is 12.0 Å². The molecule has 5 nitrogen and oxygen atoms in total. The average Bonchev–Trinajstić information content (AvgIpc) is 3.01. The Kier molecular flexibility index (Phi) is 5.70. The van der Waals surface area contributed by atoms with E-state index in [1.807, 2.05) is 16.8 Å². The molecule has 0 radical (unpaired) electrons. The van der Waals surface area contributed by atoms with Crippen molar-refractivity contribution in [3.8, 4) is 0 Å². The molecule has 0 aliphatic heterocycles. The zero-order chi connectivity index (χ0) is 19.6. The van der Waals surface area contributed by atoms with Crippen molar-refractivity contribution in [2.45, 2.75) is 77.4 Å². The quantitative estimate of drug-likeness (QED) is 0.867. The van der Waals surface area contributed by atoms with E-state index in [0.29, 0.717) is 12.2 Å². The van der Waals surface area contributed by atoms with E-state index < -0.39 is 0 Å². The number of hydrogen-bond donors (Lipinski definition) is 2. The highest BCUT2D eigenvalue weighted by atomic mass is 16.2. The molecule has 0 unspecified atom stereocenters. The normalized spacial score (nSPS) is 20.5.